The van der Waals surface area contributed by atoms with Crippen LogP contribution in [0.1, 0.15) is 48.9 Å². The van der Waals surface area contributed by atoms with E-state index in [-0.39, 0.29) is 18.0 Å². The molecule has 0 fully saturated rings. The number of amides is 1. The third-order valence-corrected chi connectivity index (χ3v) is 4.49. The zero-order valence-corrected chi connectivity index (χ0v) is 14.7. The minimum absolute atomic E-state index is 0.127. The summed E-state index contributed by atoms with van der Waals surface area (Å²) in [4.78, 5) is 23.7. The van der Waals surface area contributed by atoms with Crippen molar-refractivity contribution >= 4 is 17.5 Å². The molecule has 0 aliphatic carbocycles. The SMILES string of the molecule is CCC(C)NC(=O)c1cc(C)nc(N2c3ccccc3CC2C)n1. The Morgan fingerprint density at radius 1 is 1.38 bits per heavy atom. The number of aromatic nitrogens is 2. The number of para-hydroxylation sites is 1. The smallest absolute Gasteiger partial charge is 0.270 e. The van der Waals surface area contributed by atoms with Crippen LogP contribution in [0.3, 0.4) is 0 Å². The van der Waals surface area contributed by atoms with Gasteiger partial charge in [-0.05, 0) is 51.3 Å². The molecule has 0 spiro atoms. The molecule has 1 aromatic carbocycles. The molecular formula is C19H24N4O. The summed E-state index contributed by atoms with van der Waals surface area (Å²) in [6.45, 7) is 8.10. The highest BCUT2D eigenvalue weighted by atomic mass is 16.1. The van der Waals surface area contributed by atoms with Crippen LogP contribution in [0, 0.1) is 6.92 Å². The van der Waals surface area contributed by atoms with Gasteiger partial charge >= 0.3 is 0 Å². The molecule has 126 valence electrons. The number of anilines is 2. The molecule has 1 amide bonds. The third-order valence-electron chi connectivity index (χ3n) is 4.49. The fourth-order valence-corrected chi connectivity index (χ4v) is 3.05. The van der Waals surface area contributed by atoms with Crippen molar-refractivity contribution in [2.75, 3.05) is 4.90 Å². The quantitative estimate of drug-likeness (QED) is 0.936. The van der Waals surface area contributed by atoms with Crippen LogP contribution >= 0.6 is 0 Å². The lowest BCUT2D eigenvalue weighted by molar-refractivity contribution is 0.0934. The lowest BCUT2D eigenvalue weighted by atomic mass is 10.1. The number of nitrogens with one attached hydrogen (secondary N) is 1. The van der Waals surface area contributed by atoms with Crippen molar-refractivity contribution in [3.8, 4) is 0 Å². The Morgan fingerprint density at radius 2 is 2.12 bits per heavy atom. The first kappa shape index (κ1) is 16.4. The maximum atomic E-state index is 12.4. The maximum Gasteiger partial charge on any atom is 0.270 e. The van der Waals surface area contributed by atoms with E-state index in [1.165, 1.54) is 5.56 Å². The average Bonchev–Trinajstić information content (AvgIpc) is 2.89. The predicted molar refractivity (Wildman–Crippen MR) is 95.7 cm³/mol. The summed E-state index contributed by atoms with van der Waals surface area (Å²) in [6.07, 6.45) is 1.85. The van der Waals surface area contributed by atoms with Crippen molar-refractivity contribution in [3.05, 3.63) is 47.3 Å². The number of aryl methyl sites for hydroxylation is 1. The molecule has 5 nitrogen and oxygen atoms in total. The molecule has 2 aromatic rings. The lowest BCUT2D eigenvalue weighted by Gasteiger charge is -2.23. The van der Waals surface area contributed by atoms with E-state index in [1.807, 2.05) is 26.8 Å². The van der Waals surface area contributed by atoms with Gasteiger partial charge in [0.15, 0.2) is 0 Å². The molecule has 1 N–H and O–H groups in total. The number of hydrogen-bond donors (Lipinski definition) is 1. The summed E-state index contributed by atoms with van der Waals surface area (Å²) >= 11 is 0. The van der Waals surface area contributed by atoms with E-state index < -0.39 is 0 Å². The van der Waals surface area contributed by atoms with E-state index in [0.29, 0.717) is 11.6 Å². The molecule has 3 rings (SSSR count). The highest BCUT2D eigenvalue weighted by Gasteiger charge is 2.29. The fraction of sp³-hybridized carbons (Fsp3) is 0.421. The van der Waals surface area contributed by atoms with E-state index in [2.05, 4.69) is 45.3 Å². The molecule has 1 aliphatic heterocycles. The summed E-state index contributed by atoms with van der Waals surface area (Å²) < 4.78 is 0. The van der Waals surface area contributed by atoms with Crippen molar-refractivity contribution in [1.29, 1.82) is 0 Å². The molecule has 0 saturated heterocycles. The second kappa shape index (κ2) is 6.59. The van der Waals surface area contributed by atoms with Crippen molar-refractivity contribution < 1.29 is 4.79 Å². The van der Waals surface area contributed by atoms with Gasteiger partial charge in [0.1, 0.15) is 5.69 Å². The Labute approximate surface area is 143 Å². The fourth-order valence-electron chi connectivity index (χ4n) is 3.05. The minimum atomic E-state index is -0.142. The summed E-state index contributed by atoms with van der Waals surface area (Å²) in [6, 6.07) is 10.4. The molecule has 0 bridgehead atoms. The normalized spacial score (nSPS) is 17.5. The van der Waals surface area contributed by atoms with Crippen LogP contribution in [0.4, 0.5) is 11.6 Å². The highest BCUT2D eigenvalue weighted by Crippen LogP contribution is 2.36. The summed E-state index contributed by atoms with van der Waals surface area (Å²) in [7, 11) is 0. The zero-order valence-electron chi connectivity index (χ0n) is 14.7. The molecule has 2 heterocycles. The molecule has 24 heavy (non-hydrogen) atoms. The van der Waals surface area contributed by atoms with Crippen LogP contribution < -0.4 is 10.2 Å². The average molecular weight is 324 g/mol. The Morgan fingerprint density at radius 3 is 2.88 bits per heavy atom. The first-order valence-electron chi connectivity index (χ1n) is 8.53. The molecule has 1 aliphatic rings. The van der Waals surface area contributed by atoms with Gasteiger partial charge in [-0.2, -0.15) is 0 Å². The van der Waals surface area contributed by atoms with E-state index in [4.69, 9.17) is 0 Å². The first-order chi connectivity index (χ1) is 11.5. The first-order valence-corrected chi connectivity index (χ1v) is 8.53. The molecule has 1 aromatic heterocycles. The van der Waals surface area contributed by atoms with Crippen molar-refractivity contribution in [2.24, 2.45) is 0 Å². The second-order valence-electron chi connectivity index (χ2n) is 6.53. The van der Waals surface area contributed by atoms with Crippen LogP contribution in [0.2, 0.25) is 0 Å². The monoisotopic (exact) mass is 324 g/mol. The maximum absolute atomic E-state index is 12.4. The van der Waals surface area contributed by atoms with Gasteiger partial charge in [-0.3, -0.25) is 4.79 Å². The molecule has 5 heteroatoms. The number of nitrogens with zero attached hydrogens (tertiary/aromatic N) is 3. The van der Waals surface area contributed by atoms with Crippen LogP contribution in [0.25, 0.3) is 0 Å². The van der Waals surface area contributed by atoms with Gasteiger partial charge in [-0.1, -0.05) is 25.1 Å². The van der Waals surface area contributed by atoms with Gasteiger partial charge < -0.3 is 10.2 Å². The third kappa shape index (κ3) is 3.11. The van der Waals surface area contributed by atoms with Crippen LogP contribution in [-0.2, 0) is 6.42 Å². The van der Waals surface area contributed by atoms with Crippen LogP contribution in [0.15, 0.2) is 30.3 Å². The highest BCUT2D eigenvalue weighted by molar-refractivity contribution is 5.93. The van der Waals surface area contributed by atoms with Gasteiger partial charge in [0.2, 0.25) is 5.95 Å². The number of fused-ring (bicyclic) bond motifs is 1. The minimum Gasteiger partial charge on any atom is -0.348 e. The standard InChI is InChI=1S/C19H24N4O/c1-5-12(2)20-18(24)16-10-13(3)21-19(22-16)23-14(4)11-15-8-6-7-9-17(15)23/h6-10,12,14H,5,11H2,1-4H3,(H,20,24). The summed E-state index contributed by atoms with van der Waals surface area (Å²) in [5.41, 5.74) is 3.64. The van der Waals surface area contributed by atoms with Crippen LogP contribution in [0.5, 0.6) is 0 Å². The molecule has 0 saturated carbocycles. The molecule has 2 atom stereocenters. The van der Waals surface area contributed by atoms with Gasteiger partial charge in [0.25, 0.3) is 5.91 Å². The Balaban J connectivity index is 1.96. The Kier molecular flexibility index (Phi) is 4.51. The largest absolute Gasteiger partial charge is 0.348 e. The Bertz CT molecular complexity index is 759. The van der Waals surface area contributed by atoms with E-state index in [9.17, 15) is 4.79 Å². The lowest BCUT2D eigenvalue weighted by Crippen LogP contribution is -2.33. The predicted octanol–water partition coefficient (Wildman–Crippen LogP) is 3.40. The van der Waals surface area contributed by atoms with Gasteiger partial charge in [-0.15, -0.1) is 0 Å². The Hall–Kier alpha value is -2.43. The number of carbonyl (C=O) groups is 1. The van der Waals surface area contributed by atoms with E-state index in [0.717, 1.165) is 24.2 Å². The number of carbonyl (C=O) groups excluding carboxylic acids is 1. The molecular weight excluding hydrogens is 300 g/mol. The van der Waals surface area contributed by atoms with E-state index in [1.54, 1.807) is 6.07 Å². The van der Waals surface area contributed by atoms with E-state index >= 15 is 0 Å². The van der Waals surface area contributed by atoms with Crippen molar-refractivity contribution in [1.82, 2.24) is 15.3 Å². The van der Waals surface area contributed by atoms with Crippen molar-refractivity contribution in [3.63, 3.8) is 0 Å². The number of rotatable bonds is 4. The number of benzene rings is 1. The van der Waals surface area contributed by atoms with Crippen molar-refractivity contribution in [2.45, 2.75) is 52.6 Å². The molecule has 0 radical (unpaired) electrons. The second-order valence-corrected chi connectivity index (χ2v) is 6.53. The van der Waals surface area contributed by atoms with Gasteiger partial charge in [0.05, 0.1) is 0 Å². The summed E-state index contributed by atoms with van der Waals surface area (Å²) in [5, 5.41) is 2.97. The molecule has 2 unspecified atom stereocenters. The topological polar surface area (TPSA) is 58.1 Å². The number of hydrogen-bond acceptors (Lipinski definition) is 4. The summed E-state index contributed by atoms with van der Waals surface area (Å²) in [5.74, 6) is 0.456. The van der Waals surface area contributed by atoms with Crippen LogP contribution in [-0.4, -0.2) is 28.0 Å². The zero-order chi connectivity index (χ0) is 17.3. The van der Waals surface area contributed by atoms with Gasteiger partial charge in [-0.25, -0.2) is 9.97 Å². The van der Waals surface area contributed by atoms with Gasteiger partial charge in [0, 0.05) is 23.5 Å².